The number of nitrogens with two attached hydrogens (primary N) is 1. The lowest BCUT2D eigenvalue weighted by Crippen LogP contribution is -2.41. The van der Waals surface area contributed by atoms with Crippen LogP contribution in [0.4, 0.5) is 11.6 Å². The SMILES string of the molecule is CC(C)(C)OC(=O)[C@H]1CCCN(c2ncnc(N)c2Cl)C1. The highest BCUT2D eigenvalue weighted by atomic mass is 35.5. The molecule has 1 aromatic heterocycles. The van der Waals surface area contributed by atoms with Crippen LogP contribution in [-0.4, -0.2) is 34.6 Å². The van der Waals surface area contributed by atoms with Crippen LogP contribution in [0.1, 0.15) is 33.6 Å². The summed E-state index contributed by atoms with van der Waals surface area (Å²) in [6.45, 7) is 6.93. The van der Waals surface area contributed by atoms with Crippen LogP contribution < -0.4 is 10.6 Å². The molecule has 7 heteroatoms. The van der Waals surface area contributed by atoms with Crippen molar-refractivity contribution >= 4 is 29.2 Å². The highest BCUT2D eigenvalue weighted by molar-refractivity contribution is 6.35. The fraction of sp³-hybridized carbons (Fsp3) is 0.643. The van der Waals surface area contributed by atoms with E-state index in [0.29, 0.717) is 17.4 Å². The summed E-state index contributed by atoms with van der Waals surface area (Å²) in [4.78, 5) is 22.2. The third-order valence-corrected chi connectivity index (χ3v) is 3.62. The monoisotopic (exact) mass is 312 g/mol. The number of carbonyl (C=O) groups excluding carboxylic acids is 1. The molecule has 0 aliphatic carbocycles. The van der Waals surface area contributed by atoms with E-state index < -0.39 is 5.60 Å². The van der Waals surface area contributed by atoms with Gasteiger partial charge in [-0.3, -0.25) is 4.79 Å². The van der Waals surface area contributed by atoms with Crippen molar-refractivity contribution in [2.24, 2.45) is 5.92 Å². The van der Waals surface area contributed by atoms with Crippen molar-refractivity contribution in [2.45, 2.75) is 39.2 Å². The van der Waals surface area contributed by atoms with Crippen LogP contribution >= 0.6 is 11.6 Å². The van der Waals surface area contributed by atoms with Gasteiger partial charge in [0, 0.05) is 13.1 Å². The molecule has 0 bridgehead atoms. The fourth-order valence-electron chi connectivity index (χ4n) is 2.34. The van der Waals surface area contributed by atoms with Gasteiger partial charge in [0.25, 0.3) is 0 Å². The highest BCUT2D eigenvalue weighted by Gasteiger charge is 2.31. The van der Waals surface area contributed by atoms with Gasteiger partial charge < -0.3 is 15.4 Å². The molecule has 1 aliphatic heterocycles. The Morgan fingerprint density at radius 2 is 2.19 bits per heavy atom. The Hall–Kier alpha value is -1.56. The van der Waals surface area contributed by atoms with Crippen molar-refractivity contribution in [2.75, 3.05) is 23.7 Å². The van der Waals surface area contributed by atoms with Crippen LogP contribution in [0, 0.1) is 5.92 Å². The predicted octanol–water partition coefficient (Wildman–Crippen LogP) is 2.27. The van der Waals surface area contributed by atoms with Crippen molar-refractivity contribution in [3.05, 3.63) is 11.3 Å². The minimum atomic E-state index is -0.476. The van der Waals surface area contributed by atoms with Gasteiger partial charge in [-0.25, -0.2) is 9.97 Å². The minimum absolute atomic E-state index is 0.176. The number of anilines is 2. The molecule has 1 fully saturated rings. The molecule has 0 amide bonds. The fourth-order valence-corrected chi connectivity index (χ4v) is 2.56. The van der Waals surface area contributed by atoms with Gasteiger partial charge in [-0.05, 0) is 33.6 Å². The van der Waals surface area contributed by atoms with E-state index in [9.17, 15) is 4.79 Å². The van der Waals surface area contributed by atoms with Crippen LogP contribution in [0.5, 0.6) is 0 Å². The molecule has 2 rings (SSSR count). The molecular formula is C14H21ClN4O2. The summed E-state index contributed by atoms with van der Waals surface area (Å²) in [5, 5.41) is 0.335. The number of ether oxygens (including phenoxy) is 1. The van der Waals surface area contributed by atoms with Gasteiger partial charge in [-0.2, -0.15) is 0 Å². The first-order valence-corrected chi connectivity index (χ1v) is 7.39. The molecule has 0 unspecified atom stereocenters. The number of halogens is 1. The van der Waals surface area contributed by atoms with Crippen molar-refractivity contribution in [3.8, 4) is 0 Å². The molecule has 21 heavy (non-hydrogen) atoms. The lowest BCUT2D eigenvalue weighted by molar-refractivity contribution is -0.160. The van der Waals surface area contributed by atoms with Crippen LogP contribution in [0.15, 0.2) is 6.33 Å². The van der Waals surface area contributed by atoms with E-state index in [-0.39, 0.29) is 17.7 Å². The number of carbonyl (C=O) groups is 1. The van der Waals surface area contributed by atoms with E-state index in [4.69, 9.17) is 22.1 Å². The van der Waals surface area contributed by atoms with Crippen molar-refractivity contribution in [3.63, 3.8) is 0 Å². The summed E-state index contributed by atoms with van der Waals surface area (Å²) >= 11 is 6.15. The maximum Gasteiger partial charge on any atom is 0.311 e. The maximum absolute atomic E-state index is 12.2. The number of hydrogen-bond donors (Lipinski definition) is 1. The summed E-state index contributed by atoms with van der Waals surface area (Å²) < 4.78 is 5.46. The standard InChI is InChI=1S/C14H21ClN4O2/c1-14(2,3)21-13(20)9-5-4-6-19(7-9)12-10(15)11(16)17-8-18-12/h8-9H,4-7H2,1-3H3,(H2,16,17,18)/t9-/m0/s1. The first-order valence-electron chi connectivity index (χ1n) is 7.01. The molecule has 1 aliphatic rings. The summed E-state index contributed by atoms with van der Waals surface area (Å²) in [6.07, 6.45) is 3.07. The Kier molecular flexibility index (Phi) is 4.56. The molecule has 0 aromatic carbocycles. The molecule has 1 atom stereocenters. The molecule has 2 heterocycles. The van der Waals surface area contributed by atoms with Crippen molar-refractivity contribution < 1.29 is 9.53 Å². The van der Waals surface area contributed by atoms with Gasteiger partial charge in [0.15, 0.2) is 5.82 Å². The van der Waals surface area contributed by atoms with E-state index in [1.165, 1.54) is 6.33 Å². The first-order chi connectivity index (χ1) is 9.78. The van der Waals surface area contributed by atoms with Gasteiger partial charge >= 0.3 is 5.97 Å². The Labute approximate surface area is 129 Å². The summed E-state index contributed by atoms with van der Waals surface area (Å²) in [6, 6.07) is 0. The molecule has 116 valence electrons. The summed E-state index contributed by atoms with van der Waals surface area (Å²) in [5.74, 6) is 0.481. The minimum Gasteiger partial charge on any atom is -0.460 e. The molecule has 6 nitrogen and oxygen atoms in total. The molecule has 0 radical (unpaired) electrons. The smallest absolute Gasteiger partial charge is 0.311 e. The second-order valence-corrected chi connectivity index (χ2v) is 6.59. The molecule has 1 aromatic rings. The van der Waals surface area contributed by atoms with E-state index in [1.54, 1.807) is 0 Å². The zero-order valence-corrected chi connectivity index (χ0v) is 13.4. The number of nitrogens with zero attached hydrogens (tertiary/aromatic N) is 3. The van der Waals surface area contributed by atoms with E-state index >= 15 is 0 Å². The first kappa shape index (κ1) is 15.8. The predicted molar refractivity (Wildman–Crippen MR) is 82.2 cm³/mol. The Bertz CT molecular complexity index is 530. The number of piperidine rings is 1. The van der Waals surface area contributed by atoms with Crippen LogP contribution in [0.2, 0.25) is 5.02 Å². The van der Waals surface area contributed by atoms with Crippen molar-refractivity contribution in [1.29, 1.82) is 0 Å². The van der Waals surface area contributed by atoms with E-state index in [2.05, 4.69) is 9.97 Å². The number of rotatable bonds is 2. The zero-order chi connectivity index (χ0) is 15.6. The topological polar surface area (TPSA) is 81.3 Å². The lowest BCUT2D eigenvalue weighted by Gasteiger charge is -2.34. The molecule has 0 saturated carbocycles. The quantitative estimate of drug-likeness (QED) is 0.844. The van der Waals surface area contributed by atoms with Gasteiger partial charge in [-0.15, -0.1) is 0 Å². The number of hydrogen-bond acceptors (Lipinski definition) is 6. The van der Waals surface area contributed by atoms with E-state index in [1.807, 2.05) is 25.7 Å². The molecule has 2 N–H and O–H groups in total. The van der Waals surface area contributed by atoms with Crippen LogP contribution in [-0.2, 0) is 9.53 Å². The highest BCUT2D eigenvalue weighted by Crippen LogP contribution is 2.31. The second kappa shape index (κ2) is 6.05. The average molecular weight is 313 g/mol. The average Bonchev–Trinajstić information content (AvgIpc) is 2.40. The van der Waals surface area contributed by atoms with Crippen molar-refractivity contribution in [1.82, 2.24) is 9.97 Å². The summed E-state index contributed by atoms with van der Waals surface area (Å²) in [7, 11) is 0. The normalized spacial score (nSPS) is 19.4. The number of esters is 1. The second-order valence-electron chi connectivity index (χ2n) is 6.22. The van der Waals surface area contributed by atoms with Gasteiger partial charge in [0.2, 0.25) is 0 Å². The number of nitrogen functional groups attached to an aromatic ring is 1. The van der Waals surface area contributed by atoms with E-state index in [0.717, 1.165) is 19.4 Å². The zero-order valence-electron chi connectivity index (χ0n) is 12.6. The Balaban J connectivity index is 2.10. The molecule has 1 saturated heterocycles. The maximum atomic E-state index is 12.2. The van der Waals surface area contributed by atoms with Crippen LogP contribution in [0.25, 0.3) is 0 Å². The third kappa shape index (κ3) is 3.97. The van der Waals surface area contributed by atoms with Gasteiger partial charge in [0.05, 0.1) is 5.92 Å². The Morgan fingerprint density at radius 1 is 1.48 bits per heavy atom. The Morgan fingerprint density at radius 3 is 2.86 bits per heavy atom. The lowest BCUT2D eigenvalue weighted by atomic mass is 9.98. The van der Waals surface area contributed by atoms with Gasteiger partial charge in [-0.1, -0.05) is 11.6 Å². The molecular weight excluding hydrogens is 292 g/mol. The third-order valence-electron chi connectivity index (χ3n) is 3.26. The van der Waals surface area contributed by atoms with Gasteiger partial charge in [0.1, 0.15) is 22.8 Å². The largest absolute Gasteiger partial charge is 0.460 e. The van der Waals surface area contributed by atoms with Crippen LogP contribution in [0.3, 0.4) is 0 Å². The molecule has 0 spiro atoms. The number of aromatic nitrogens is 2. The summed E-state index contributed by atoms with van der Waals surface area (Å²) in [5.41, 5.74) is 5.23.